The molecule has 7 nitrogen and oxygen atoms in total. The number of rotatable bonds is 6. The van der Waals surface area contributed by atoms with Crippen LogP contribution in [0.1, 0.15) is 52.1 Å². The molecule has 1 aromatic heterocycles. The van der Waals surface area contributed by atoms with Crippen LogP contribution >= 0.6 is 0 Å². The minimum absolute atomic E-state index is 0.184. The summed E-state index contributed by atoms with van der Waals surface area (Å²) in [6.07, 6.45) is -0.367. The third kappa shape index (κ3) is 4.18. The number of nitrogens with zero attached hydrogens (tertiary/aromatic N) is 1. The zero-order chi connectivity index (χ0) is 18.4. The Balaban J connectivity index is 2.28. The van der Waals surface area contributed by atoms with Gasteiger partial charge in [0.2, 0.25) is 0 Å². The smallest absolute Gasteiger partial charge is 0.271 e. The number of H-pyrrole nitrogens is 1. The molecule has 0 aliphatic rings. The molecule has 0 aliphatic carbocycles. The first-order chi connectivity index (χ1) is 12.0. The summed E-state index contributed by atoms with van der Waals surface area (Å²) >= 11 is 0. The average Bonchev–Trinajstić information content (AvgIpc) is 3.05. The van der Waals surface area contributed by atoms with Gasteiger partial charge in [0.05, 0.1) is 11.6 Å². The molecule has 0 fully saturated rings. The molecule has 0 bridgehead atoms. The number of ether oxygens (including phenoxy) is 1. The molecule has 1 aromatic carbocycles. The van der Waals surface area contributed by atoms with Crippen LogP contribution in [-0.2, 0) is 0 Å². The number of aromatic amines is 1. The van der Waals surface area contributed by atoms with Crippen LogP contribution in [0.15, 0.2) is 30.3 Å². The molecule has 130 valence electrons. The van der Waals surface area contributed by atoms with Crippen LogP contribution in [0, 0.1) is 11.3 Å². The predicted molar refractivity (Wildman–Crippen MR) is 92.4 cm³/mol. The largest absolute Gasteiger partial charge is 0.484 e. The third-order valence-electron chi connectivity index (χ3n) is 3.63. The number of hydrogen-bond donors (Lipinski definition) is 3. The van der Waals surface area contributed by atoms with Crippen molar-refractivity contribution in [2.45, 2.75) is 20.0 Å². The molecule has 1 atom stereocenters. The van der Waals surface area contributed by atoms with Crippen LogP contribution in [0.2, 0.25) is 0 Å². The number of carbonyl (C=O) groups excluding carboxylic acids is 2. The Morgan fingerprint density at radius 3 is 2.52 bits per heavy atom. The van der Waals surface area contributed by atoms with Crippen molar-refractivity contribution in [1.29, 1.82) is 5.26 Å². The van der Waals surface area contributed by atoms with E-state index in [1.807, 2.05) is 13.8 Å². The molecule has 2 rings (SSSR count). The highest BCUT2D eigenvalue weighted by Gasteiger charge is 2.21. The molecule has 0 spiro atoms. The van der Waals surface area contributed by atoms with Gasteiger partial charge in [0.1, 0.15) is 17.5 Å². The Morgan fingerprint density at radius 1 is 1.28 bits per heavy atom. The molecule has 1 heterocycles. The SMILES string of the molecule is CCNC(=O)c1cc(OC(C)c2ccc(C#N)cc2)c(C(=O)NC)[nH]1. The molecule has 0 saturated heterocycles. The first kappa shape index (κ1) is 18.1. The van der Waals surface area contributed by atoms with E-state index in [-0.39, 0.29) is 35.1 Å². The van der Waals surface area contributed by atoms with Gasteiger partial charge in [-0.2, -0.15) is 5.26 Å². The van der Waals surface area contributed by atoms with Gasteiger partial charge in [-0.05, 0) is 31.5 Å². The zero-order valence-corrected chi connectivity index (χ0v) is 14.3. The lowest BCUT2D eigenvalue weighted by Crippen LogP contribution is -2.23. The monoisotopic (exact) mass is 340 g/mol. The number of nitriles is 1. The fourth-order valence-corrected chi connectivity index (χ4v) is 2.29. The summed E-state index contributed by atoms with van der Waals surface area (Å²) in [6, 6.07) is 10.6. The second-order valence-electron chi connectivity index (χ2n) is 5.35. The highest BCUT2D eigenvalue weighted by atomic mass is 16.5. The molecule has 2 amide bonds. The standard InChI is InChI=1S/C18H20N4O3/c1-4-21-17(23)14-9-15(16(22-14)18(24)20-3)25-11(2)13-7-5-12(10-19)6-8-13/h5-9,11,22H,4H2,1-3H3,(H,20,24)(H,21,23). The van der Waals surface area contributed by atoms with Crippen molar-refractivity contribution in [3.8, 4) is 11.8 Å². The van der Waals surface area contributed by atoms with E-state index in [0.717, 1.165) is 5.56 Å². The first-order valence-corrected chi connectivity index (χ1v) is 7.90. The highest BCUT2D eigenvalue weighted by Crippen LogP contribution is 2.27. The van der Waals surface area contributed by atoms with Crippen molar-refractivity contribution >= 4 is 11.8 Å². The summed E-state index contributed by atoms with van der Waals surface area (Å²) in [5, 5.41) is 14.0. The summed E-state index contributed by atoms with van der Waals surface area (Å²) in [5.41, 5.74) is 1.84. The van der Waals surface area contributed by atoms with Crippen LogP contribution in [0.5, 0.6) is 5.75 Å². The van der Waals surface area contributed by atoms with Crippen molar-refractivity contribution in [2.75, 3.05) is 13.6 Å². The van der Waals surface area contributed by atoms with Gasteiger partial charge in [-0.1, -0.05) is 12.1 Å². The van der Waals surface area contributed by atoms with E-state index >= 15 is 0 Å². The van der Waals surface area contributed by atoms with Gasteiger partial charge in [0, 0.05) is 19.7 Å². The minimum atomic E-state index is -0.377. The van der Waals surface area contributed by atoms with E-state index in [0.29, 0.717) is 12.1 Å². The van der Waals surface area contributed by atoms with Gasteiger partial charge < -0.3 is 20.4 Å². The zero-order valence-electron chi connectivity index (χ0n) is 14.3. The molecule has 0 saturated carbocycles. The maximum absolute atomic E-state index is 12.0. The molecule has 2 aromatic rings. The van der Waals surface area contributed by atoms with Gasteiger partial charge >= 0.3 is 0 Å². The summed E-state index contributed by atoms with van der Waals surface area (Å²) < 4.78 is 5.88. The topological polar surface area (TPSA) is 107 Å². The van der Waals surface area contributed by atoms with Crippen molar-refractivity contribution < 1.29 is 14.3 Å². The summed E-state index contributed by atoms with van der Waals surface area (Å²) in [5.74, 6) is -0.399. The average molecular weight is 340 g/mol. The van der Waals surface area contributed by atoms with Crippen LogP contribution in [-0.4, -0.2) is 30.4 Å². The number of benzene rings is 1. The van der Waals surface area contributed by atoms with Gasteiger partial charge in [0.15, 0.2) is 5.75 Å². The van der Waals surface area contributed by atoms with E-state index in [1.165, 1.54) is 13.1 Å². The Kier molecular flexibility index (Phi) is 5.79. The van der Waals surface area contributed by atoms with Crippen LogP contribution in [0.3, 0.4) is 0 Å². The predicted octanol–water partition coefficient (Wildman–Crippen LogP) is 2.14. The van der Waals surface area contributed by atoms with Crippen molar-refractivity contribution in [1.82, 2.24) is 15.6 Å². The van der Waals surface area contributed by atoms with Crippen LogP contribution in [0.4, 0.5) is 0 Å². The number of amides is 2. The molecule has 25 heavy (non-hydrogen) atoms. The number of carbonyl (C=O) groups is 2. The summed E-state index contributed by atoms with van der Waals surface area (Å²) in [4.78, 5) is 26.8. The van der Waals surface area contributed by atoms with E-state index in [1.54, 1.807) is 24.3 Å². The number of hydrogen-bond acceptors (Lipinski definition) is 4. The molecular formula is C18H20N4O3. The van der Waals surface area contributed by atoms with Crippen molar-refractivity contribution in [3.63, 3.8) is 0 Å². The molecular weight excluding hydrogens is 320 g/mol. The van der Waals surface area contributed by atoms with Crippen LogP contribution in [0.25, 0.3) is 0 Å². The second kappa shape index (κ2) is 8.02. The molecule has 0 radical (unpaired) electrons. The lowest BCUT2D eigenvalue weighted by Gasteiger charge is -2.15. The lowest BCUT2D eigenvalue weighted by molar-refractivity contribution is 0.0951. The molecule has 7 heteroatoms. The third-order valence-corrected chi connectivity index (χ3v) is 3.63. The van der Waals surface area contributed by atoms with Crippen LogP contribution < -0.4 is 15.4 Å². The molecule has 0 aliphatic heterocycles. The van der Waals surface area contributed by atoms with Gasteiger partial charge in [-0.25, -0.2) is 0 Å². The summed E-state index contributed by atoms with van der Waals surface area (Å²) in [6.45, 7) is 4.11. The Morgan fingerprint density at radius 2 is 1.96 bits per heavy atom. The normalized spacial score (nSPS) is 11.3. The quantitative estimate of drug-likeness (QED) is 0.749. The maximum Gasteiger partial charge on any atom is 0.271 e. The summed E-state index contributed by atoms with van der Waals surface area (Å²) in [7, 11) is 1.50. The second-order valence-corrected chi connectivity index (χ2v) is 5.35. The van der Waals surface area contributed by atoms with E-state index in [9.17, 15) is 9.59 Å². The number of nitrogens with one attached hydrogen (secondary N) is 3. The van der Waals surface area contributed by atoms with Crippen molar-refractivity contribution in [2.24, 2.45) is 0 Å². The fourth-order valence-electron chi connectivity index (χ4n) is 2.29. The Bertz CT molecular complexity index is 803. The van der Waals surface area contributed by atoms with E-state index in [4.69, 9.17) is 10.00 Å². The Hall–Kier alpha value is -3.27. The lowest BCUT2D eigenvalue weighted by atomic mass is 10.1. The van der Waals surface area contributed by atoms with Gasteiger partial charge in [-0.3, -0.25) is 9.59 Å². The van der Waals surface area contributed by atoms with Crippen molar-refractivity contribution in [3.05, 3.63) is 52.8 Å². The van der Waals surface area contributed by atoms with E-state index < -0.39 is 0 Å². The first-order valence-electron chi connectivity index (χ1n) is 7.90. The maximum atomic E-state index is 12.0. The van der Waals surface area contributed by atoms with E-state index in [2.05, 4.69) is 21.7 Å². The Labute approximate surface area is 146 Å². The van der Waals surface area contributed by atoms with Gasteiger partial charge in [-0.15, -0.1) is 0 Å². The highest BCUT2D eigenvalue weighted by molar-refractivity contribution is 5.99. The molecule has 3 N–H and O–H groups in total. The fraction of sp³-hybridized carbons (Fsp3) is 0.278. The number of aromatic nitrogens is 1. The molecule has 1 unspecified atom stereocenters. The minimum Gasteiger partial charge on any atom is -0.484 e. The van der Waals surface area contributed by atoms with Gasteiger partial charge in [0.25, 0.3) is 11.8 Å².